The minimum absolute atomic E-state index is 0.105. The van der Waals surface area contributed by atoms with E-state index in [1.54, 1.807) is 0 Å². The fraction of sp³-hybridized carbons (Fsp3) is 0.952. The first-order valence-corrected chi connectivity index (χ1v) is 10.2. The molecule has 0 aromatic heterocycles. The van der Waals surface area contributed by atoms with E-state index in [1.807, 2.05) is 0 Å². The number of fused-ring (bicyclic) bond motifs is 5. The van der Waals surface area contributed by atoms with Gasteiger partial charge >= 0.3 is 0 Å². The molecule has 4 aliphatic carbocycles. The van der Waals surface area contributed by atoms with E-state index in [9.17, 15) is 20.1 Å². The number of carbonyl (C=O) groups excluding carboxylic acids is 1. The number of carbonyl (C=O) groups is 1. The Bertz CT molecular complexity index is 576. The lowest BCUT2D eigenvalue weighted by Gasteiger charge is -2.62. The first-order valence-electron chi connectivity index (χ1n) is 10.2. The highest BCUT2D eigenvalue weighted by molar-refractivity contribution is 5.86. The first kappa shape index (κ1) is 17.9. The van der Waals surface area contributed by atoms with Crippen LogP contribution in [0.25, 0.3) is 0 Å². The van der Waals surface area contributed by atoms with Crippen LogP contribution in [0.5, 0.6) is 0 Å². The zero-order chi connectivity index (χ0) is 18.2. The molecular formula is C21H34O4. The summed E-state index contributed by atoms with van der Waals surface area (Å²) in [5.74, 6) is 1.14. The largest absolute Gasteiger partial charge is 0.393 e. The van der Waals surface area contributed by atoms with Gasteiger partial charge in [0.05, 0.1) is 12.2 Å². The molecule has 9 atom stereocenters. The molecule has 25 heavy (non-hydrogen) atoms. The van der Waals surface area contributed by atoms with Gasteiger partial charge < -0.3 is 15.3 Å². The normalized spacial score (nSPS) is 58.2. The molecule has 4 nitrogen and oxygen atoms in total. The van der Waals surface area contributed by atoms with Gasteiger partial charge in [0.25, 0.3) is 0 Å². The highest BCUT2D eigenvalue weighted by Crippen LogP contribution is 2.68. The molecule has 0 aromatic rings. The van der Waals surface area contributed by atoms with Crippen LogP contribution >= 0.6 is 0 Å². The van der Waals surface area contributed by atoms with Crippen molar-refractivity contribution in [1.82, 2.24) is 0 Å². The van der Waals surface area contributed by atoms with Crippen LogP contribution in [0, 0.1) is 34.5 Å². The Balaban J connectivity index is 1.69. The Hall–Kier alpha value is -0.450. The summed E-state index contributed by atoms with van der Waals surface area (Å²) in [6.07, 6.45) is 6.12. The molecule has 3 unspecified atom stereocenters. The standard InChI is InChI=1S/C21H34O4/c1-12(22)21(25)9-6-16-18-15(5-8-20(16,21)3)19(2)7-4-14(23)10-13(19)11-17(18)24/h13-18,23-25H,4-11H2,1-3H3/t13?,14?,15-,16-,17?,18+,19-,20-,21-/m0/s1. The fourth-order valence-corrected chi connectivity index (χ4v) is 7.80. The van der Waals surface area contributed by atoms with E-state index in [2.05, 4.69) is 13.8 Å². The molecule has 0 heterocycles. The number of aliphatic hydroxyl groups excluding tert-OH is 2. The second kappa shape index (κ2) is 5.53. The maximum Gasteiger partial charge on any atom is 0.161 e. The first-order chi connectivity index (χ1) is 11.6. The molecule has 4 aliphatic rings. The third-order valence-corrected chi connectivity index (χ3v) is 9.39. The Kier molecular flexibility index (Phi) is 3.97. The van der Waals surface area contributed by atoms with Crippen LogP contribution in [0.15, 0.2) is 0 Å². The SMILES string of the molecule is CC(=O)[C@@]1(O)CC[C@H]2[C@@H]3C(O)CC4CC(O)CC[C@]4(C)[C@H]3CC[C@@]21C. The van der Waals surface area contributed by atoms with Gasteiger partial charge in [0, 0.05) is 5.41 Å². The van der Waals surface area contributed by atoms with Gasteiger partial charge in [0.1, 0.15) is 5.60 Å². The average Bonchev–Trinajstić information content (AvgIpc) is 2.82. The number of Topliss-reactive ketones (excluding diaryl/α,β-unsaturated/α-hetero) is 1. The van der Waals surface area contributed by atoms with Crippen LogP contribution in [0.2, 0.25) is 0 Å². The van der Waals surface area contributed by atoms with Crippen molar-refractivity contribution in [3.63, 3.8) is 0 Å². The molecule has 0 saturated heterocycles. The summed E-state index contributed by atoms with van der Waals surface area (Å²) in [5, 5.41) is 32.3. The predicted octanol–water partition coefficient (Wildman–Crippen LogP) is 2.68. The molecule has 0 aromatic carbocycles. The topological polar surface area (TPSA) is 77.8 Å². The van der Waals surface area contributed by atoms with E-state index >= 15 is 0 Å². The molecule has 0 aliphatic heterocycles. The molecule has 4 heteroatoms. The van der Waals surface area contributed by atoms with Gasteiger partial charge in [-0.3, -0.25) is 4.79 Å². The zero-order valence-corrected chi connectivity index (χ0v) is 15.9. The lowest BCUT2D eigenvalue weighted by Crippen LogP contribution is -2.61. The third kappa shape index (κ3) is 2.20. The zero-order valence-electron chi connectivity index (χ0n) is 15.9. The van der Waals surface area contributed by atoms with Crippen molar-refractivity contribution in [2.24, 2.45) is 34.5 Å². The van der Waals surface area contributed by atoms with E-state index in [4.69, 9.17) is 0 Å². The highest BCUT2D eigenvalue weighted by atomic mass is 16.3. The lowest BCUT2D eigenvalue weighted by molar-refractivity contribution is -0.193. The van der Waals surface area contributed by atoms with Gasteiger partial charge in [-0.2, -0.15) is 0 Å². The Morgan fingerprint density at radius 2 is 1.64 bits per heavy atom. The van der Waals surface area contributed by atoms with Crippen LogP contribution in [0.4, 0.5) is 0 Å². The Morgan fingerprint density at radius 3 is 2.32 bits per heavy atom. The number of aliphatic hydroxyl groups is 3. The quantitative estimate of drug-likeness (QED) is 0.679. The minimum atomic E-state index is -1.22. The van der Waals surface area contributed by atoms with E-state index in [1.165, 1.54) is 6.92 Å². The molecular weight excluding hydrogens is 316 g/mol. The van der Waals surface area contributed by atoms with Crippen molar-refractivity contribution >= 4 is 5.78 Å². The van der Waals surface area contributed by atoms with Gasteiger partial charge in [0.15, 0.2) is 5.78 Å². The summed E-state index contributed by atoms with van der Waals surface area (Å²) in [5.41, 5.74) is -1.44. The molecule has 0 radical (unpaired) electrons. The summed E-state index contributed by atoms with van der Waals surface area (Å²) in [4.78, 5) is 12.3. The maximum atomic E-state index is 12.3. The molecule has 0 bridgehead atoms. The molecule has 0 spiro atoms. The summed E-state index contributed by atoms with van der Waals surface area (Å²) in [6, 6.07) is 0. The second-order valence-corrected chi connectivity index (χ2v) is 10.1. The smallest absolute Gasteiger partial charge is 0.161 e. The number of rotatable bonds is 1. The number of ketones is 1. The average molecular weight is 350 g/mol. The molecule has 142 valence electrons. The van der Waals surface area contributed by atoms with E-state index in [0.717, 1.165) is 44.9 Å². The van der Waals surface area contributed by atoms with E-state index < -0.39 is 11.0 Å². The van der Waals surface area contributed by atoms with Crippen molar-refractivity contribution in [1.29, 1.82) is 0 Å². The van der Waals surface area contributed by atoms with E-state index in [-0.39, 0.29) is 35.2 Å². The third-order valence-electron chi connectivity index (χ3n) is 9.39. The summed E-state index contributed by atoms with van der Waals surface area (Å²) >= 11 is 0. The van der Waals surface area contributed by atoms with Crippen LogP contribution in [-0.4, -0.2) is 38.9 Å². The molecule has 4 rings (SSSR count). The van der Waals surface area contributed by atoms with E-state index in [0.29, 0.717) is 18.3 Å². The number of hydrogen-bond donors (Lipinski definition) is 3. The van der Waals surface area contributed by atoms with Crippen LogP contribution < -0.4 is 0 Å². The fourth-order valence-electron chi connectivity index (χ4n) is 7.80. The molecule has 4 saturated carbocycles. The maximum absolute atomic E-state index is 12.3. The minimum Gasteiger partial charge on any atom is -0.393 e. The molecule has 3 N–H and O–H groups in total. The second-order valence-electron chi connectivity index (χ2n) is 10.1. The van der Waals surface area contributed by atoms with Crippen molar-refractivity contribution in [2.75, 3.05) is 0 Å². The monoisotopic (exact) mass is 350 g/mol. The van der Waals surface area contributed by atoms with Gasteiger partial charge in [-0.05, 0) is 87.4 Å². The predicted molar refractivity (Wildman–Crippen MR) is 94.8 cm³/mol. The van der Waals surface area contributed by atoms with Crippen molar-refractivity contribution < 1.29 is 20.1 Å². The van der Waals surface area contributed by atoms with Gasteiger partial charge in [0.2, 0.25) is 0 Å². The van der Waals surface area contributed by atoms with Crippen molar-refractivity contribution in [3.05, 3.63) is 0 Å². The number of hydrogen-bond acceptors (Lipinski definition) is 4. The Morgan fingerprint density at radius 1 is 0.960 bits per heavy atom. The summed E-state index contributed by atoms with van der Waals surface area (Å²) < 4.78 is 0. The van der Waals surface area contributed by atoms with Gasteiger partial charge in [-0.1, -0.05) is 13.8 Å². The van der Waals surface area contributed by atoms with Crippen LogP contribution in [-0.2, 0) is 4.79 Å². The summed E-state index contributed by atoms with van der Waals surface area (Å²) in [6.45, 7) is 5.99. The highest BCUT2D eigenvalue weighted by Gasteiger charge is 2.67. The van der Waals surface area contributed by atoms with Crippen LogP contribution in [0.1, 0.15) is 72.1 Å². The lowest BCUT2D eigenvalue weighted by atomic mass is 9.43. The van der Waals surface area contributed by atoms with Crippen molar-refractivity contribution in [3.8, 4) is 0 Å². The van der Waals surface area contributed by atoms with Crippen molar-refractivity contribution in [2.45, 2.75) is 89.9 Å². The van der Waals surface area contributed by atoms with Crippen LogP contribution in [0.3, 0.4) is 0 Å². The van der Waals surface area contributed by atoms with Gasteiger partial charge in [-0.15, -0.1) is 0 Å². The Labute approximate surface area is 151 Å². The molecule has 4 fully saturated rings. The summed E-state index contributed by atoms with van der Waals surface area (Å²) in [7, 11) is 0. The van der Waals surface area contributed by atoms with Gasteiger partial charge in [-0.25, -0.2) is 0 Å². The molecule has 0 amide bonds.